The normalized spacial score (nSPS) is 12.6. The second-order valence-electron chi connectivity index (χ2n) is 3.25. The third-order valence-electron chi connectivity index (χ3n) is 2.01. The van der Waals surface area contributed by atoms with Crippen molar-refractivity contribution in [3.63, 3.8) is 0 Å². The zero-order chi connectivity index (χ0) is 13.2. The van der Waals surface area contributed by atoms with Crippen LogP contribution in [0.3, 0.4) is 0 Å². The summed E-state index contributed by atoms with van der Waals surface area (Å²) in [5, 5.41) is 19.2. The fourth-order valence-corrected chi connectivity index (χ4v) is 3.02. The summed E-state index contributed by atoms with van der Waals surface area (Å²) in [5.74, 6) is 0. The molecule has 2 aromatic heterocycles. The molecule has 8 nitrogen and oxygen atoms in total. The standard InChI is InChI=1S/C8H9N5O3S2/c1-5(12-14)6-4-17-8(10-6)13-18(15,16)7-2-3-9-11-7/h2-4,14H,1H3,(H,9,11)(H,10,13). The molecule has 0 aromatic carbocycles. The number of aromatic nitrogens is 3. The highest BCUT2D eigenvalue weighted by atomic mass is 32.2. The number of thiazole rings is 1. The zero-order valence-electron chi connectivity index (χ0n) is 9.15. The predicted octanol–water partition coefficient (Wildman–Crippen LogP) is 0.865. The second kappa shape index (κ2) is 4.74. The van der Waals surface area contributed by atoms with Crippen LogP contribution in [0.5, 0.6) is 0 Å². The highest BCUT2D eigenvalue weighted by Gasteiger charge is 2.17. The molecule has 0 atom stereocenters. The summed E-state index contributed by atoms with van der Waals surface area (Å²) in [4.78, 5) is 3.98. The van der Waals surface area contributed by atoms with Gasteiger partial charge in [-0.1, -0.05) is 5.16 Å². The molecule has 0 aliphatic rings. The molecule has 96 valence electrons. The van der Waals surface area contributed by atoms with Gasteiger partial charge in [-0.15, -0.1) is 11.3 Å². The quantitative estimate of drug-likeness (QED) is 0.437. The van der Waals surface area contributed by atoms with Crippen molar-refractivity contribution in [3.8, 4) is 0 Å². The molecule has 0 aliphatic heterocycles. The Bertz CT molecular complexity index is 659. The molecule has 0 fully saturated rings. The Hall–Kier alpha value is -1.94. The Labute approximate surface area is 106 Å². The smallest absolute Gasteiger partial charge is 0.280 e. The number of nitrogens with zero attached hydrogens (tertiary/aromatic N) is 3. The Morgan fingerprint density at radius 3 is 3.00 bits per heavy atom. The van der Waals surface area contributed by atoms with E-state index in [9.17, 15) is 8.42 Å². The molecule has 2 aromatic rings. The van der Waals surface area contributed by atoms with Gasteiger partial charge in [0.25, 0.3) is 10.0 Å². The second-order valence-corrected chi connectivity index (χ2v) is 5.76. The van der Waals surface area contributed by atoms with Crippen LogP contribution < -0.4 is 4.72 Å². The zero-order valence-corrected chi connectivity index (χ0v) is 10.8. The van der Waals surface area contributed by atoms with Crippen LogP contribution in [0.25, 0.3) is 0 Å². The van der Waals surface area contributed by atoms with Crippen molar-refractivity contribution in [2.75, 3.05) is 4.72 Å². The molecule has 10 heteroatoms. The summed E-state index contributed by atoms with van der Waals surface area (Å²) in [6.45, 7) is 1.56. The maximum absolute atomic E-state index is 11.8. The molecule has 0 unspecified atom stereocenters. The van der Waals surface area contributed by atoms with Crippen molar-refractivity contribution < 1.29 is 13.6 Å². The van der Waals surface area contributed by atoms with E-state index in [0.717, 1.165) is 11.3 Å². The molecule has 3 N–H and O–H groups in total. The van der Waals surface area contributed by atoms with Crippen LogP contribution >= 0.6 is 11.3 Å². The van der Waals surface area contributed by atoms with E-state index in [0.29, 0.717) is 11.4 Å². The van der Waals surface area contributed by atoms with Crippen molar-refractivity contribution in [3.05, 3.63) is 23.3 Å². The first-order valence-electron chi connectivity index (χ1n) is 4.69. The number of hydrogen-bond acceptors (Lipinski definition) is 7. The molecule has 0 bridgehead atoms. The summed E-state index contributed by atoms with van der Waals surface area (Å²) in [6.07, 6.45) is 1.34. The number of hydrogen-bond donors (Lipinski definition) is 3. The Kier molecular flexibility index (Phi) is 3.30. The first-order chi connectivity index (χ1) is 8.53. The third-order valence-corrected chi connectivity index (χ3v) is 4.17. The minimum absolute atomic E-state index is 0.0493. The molecule has 0 saturated carbocycles. The van der Waals surface area contributed by atoms with Gasteiger partial charge in [0.15, 0.2) is 10.2 Å². The lowest BCUT2D eigenvalue weighted by molar-refractivity contribution is 0.319. The van der Waals surface area contributed by atoms with Gasteiger partial charge in [0.1, 0.15) is 11.4 Å². The molecular formula is C8H9N5O3S2. The topological polar surface area (TPSA) is 120 Å². The maximum Gasteiger partial charge on any atom is 0.280 e. The van der Waals surface area contributed by atoms with Crippen molar-refractivity contribution in [2.45, 2.75) is 11.9 Å². The van der Waals surface area contributed by atoms with E-state index in [4.69, 9.17) is 5.21 Å². The monoisotopic (exact) mass is 287 g/mol. The SMILES string of the molecule is CC(=NO)c1csc(NS(=O)(=O)c2ccn[nH]2)n1. The average Bonchev–Trinajstić information content (AvgIpc) is 2.97. The number of H-pyrrole nitrogens is 1. The largest absolute Gasteiger partial charge is 0.411 e. The molecule has 0 saturated heterocycles. The van der Waals surface area contributed by atoms with Gasteiger partial charge in [0.05, 0.1) is 6.20 Å². The van der Waals surface area contributed by atoms with Gasteiger partial charge in [0.2, 0.25) is 0 Å². The highest BCUT2D eigenvalue weighted by molar-refractivity contribution is 7.92. The van der Waals surface area contributed by atoms with Gasteiger partial charge < -0.3 is 5.21 Å². The highest BCUT2D eigenvalue weighted by Crippen LogP contribution is 2.19. The van der Waals surface area contributed by atoms with Crippen LogP contribution in [0.1, 0.15) is 12.6 Å². The van der Waals surface area contributed by atoms with E-state index in [1.807, 2.05) is 0 Å². The lowest BCUT2D eigenvalue weighted by atomic mass is 10.3. The van der Waals surface area contributed by atoms with Gasteiger partial charge in [-0.3, -0.25) is 9.82 Å². The van der Waals surface area contributed by atoms with E-state index in [1.165, 1.54) is 12.3 Å². The molecular weight excluding hydrogens is 278 g/mol. The molecule has 2 rings (SSSR count). The Morgan fingerprint density at radius 2 is 2.39 bits per heavy atom. The summed E-state index contributed by atoms with van der Waals surface area (Å²) in [7, 11) is -3.71. The average molecular weight is 287 g/mol. The number of aromatic amines is 1. The van der Waals surface area contributed by atoms with Gasteiger partial charge in [-0.25, -0.2) is 4.98 Å². The molecule has 0 amide bonds. The fraction of sp³-hybridized carbons (Fsp3) is 0.125. The minimum atomic E-state index is -3.71. The summed E-state index contributed by atoms with van der Waals surface area (Å²) < 4.78 is 25.9. The van der Waals surface area contributed by atoms with Gasteiger partial charge in [0, 0.05) is 5.38 Å². The van der Waals surface area contributed by atoms with E-state index in [-0.39, 0.29) is 10.2 Å². The van der Waals surface area contributed by atoms with E-state index < -0.39 is 10.0 Å². The molecule has 0 radical (unpaired) electrons. The first kappa shape index (κ1) is 12.5. The summed E-state index contributed by atoms with van der Waals surface area (Å²) in [5.41, 5.74) is 0.711. The number of sulfonamides is 1. The van der Waals surface area contributed by atoms with Crippen molar-refractivity contribution in [1.82, 2.24) is 15.2 Å². The van der Waals surface area contributed by atoms with Crippen LogP contribution in [0.15, 0.2) is 27.8 Å². The first-order valence-corrected chi connectivity index (χ1v) is 7.06. The van der Waals surface area contributed by atoms with Crippen LogP contribution in [0.4, 0.5) is 5.13 Å². The summed E-state index contributed by atoms with van der Waals surface area (Å²) >= 11 is 1.09. The van der Waals surface area contributed by atoms with Crippen molar-refractivity contribution >= 4 is 32.2 Å². The third kappa shape index (κ3) is 2.49. The fourth-order valence-electron chi connectivity index (χ4n) is 1.10. The van der Waals surface area contributed by atoms with Gasteiger partial charge in [-0.05, 0) is 13.0 Å². The van der Waals surface area contributed by atoms with Crippen LogP contribution in [-0.2, 0) is 10.0 Å². The lowest BCUT2D eigenvalue weighted by Gasteiger charge is -2.01. The van der Waals surface area contributed by atoms with Gasteiger partial charge in [-0.2, -0.15) is 13.5 Å². The van der Waals surface area contributed by atoms with Crippen LogP contribution in [0.2, 0.25) is 0 Å². The van der Waals surface area contributed by atoms with Crippen LogP contribution in [-0.4, -0.2) is 34.5 Å². The van der Waals surface area contributed by atoms with Gasteiger partial charge >= 0.3 is 0 Å². The predicted molar refractivity (Wildman–Crippen MR) is 65.5 cm³/mol. The molecule has 0 aliphatic carbocycles. The summed E-state index contributed by atoms with van der Waals surface area (Å²) in [6, 6.07) is 1.33. The number of oxime groups is 1. The minimum Gasteiger partial charge on any atom is -0.411 e. The number of rotatable bonds is 4. The number of anilines is 1. The van der Waals surface area contributed by atoms with E-state index in [2.05, 4.69) is 25.1 Å². The lowest BCUT2D eigenvalue weighted by Crippen LogP contribution is -2.13. The number of nitrogens with one attached hydrogen (secondary N) is 2. The Morgan fingerprint density at radius 1 is 1.61 bits per heavy atom. The van der Waals surface area contributed by atoms with Crippen LogP contribution in [0, 0.1) is 0 Å². The van der Waals surface area contributed by atoms with E-state index in [1.54, 1.807) is 12.3 Å². The molecule has 2 heterocycles. The maximum atomic E-state index is 11.8. The Balaban J connectivity index is 2.23. The van der Waals surface area contributed by atoms with Crippen molar-refractivity contribution in [2.24, 2.45) is 5.16 Å². The molecule has 18 heavy (non-hydrogen) atoms. The van der Waals surface area contributed by atoms with Crippen molar-refractivity contribution in [1.29, 1.82) is 0 Å². The van der Waals surface area contributed by atoms with E-state index >= 15 is 0 Å². The molecule has 0 spiro atoms.